The first-order valence-corrected chi connectivity index (χ1v) is 8.94. The van der Waals surface area contributed by atoms with Crippen molar-refractivity contribution in [3.05, 3.63) is 53.6 Å². The molecular weight excluding hydrogens is 344 g/mol. The van der Waals surface area contributed by atoms with Crippen molar-refractivity contribution in [1.29, 1.82) is 0 Å². The molecule has 0 saturated carbocycles. The quantitative estimate of drug-likeness (QED) is 0.875. The van der Waals surface area contributed by atoms with Crippen molar-refractivity contribution in [3.63, 3.8) is 0 Å². The van der Waals surface area contributed by atoms with E-state index in [0.717, 1.165) is 29.9 Å². The van der Waals surface area contributed by atoms with Gasteiger partial charge in [-0.1, -0.05) is 0 Å². The number of carbonyl (C=O) groups is 2. The van der Waals surface area contributed by atoms with Crippen molar-refractivity contribution < 1.29 is 19.1 Å². The topological polar surface area (TPSA) is 67.9 Å². The maximum absolute atomic E-state index is 13.1. The van der Waals surface area contributed by atoms with Gasteiger partial charge in [-0.25, -0.2) is 0 Å². The fourth-order valence-corrected chi connectivity index (χ4v) is 3.50. The van der Waals surface area contributed by atoms with Gasteiger partial charge in [0.15, 0.2) is 0 Å². The van der Waals surface area contributed by atoms with Gasteiger partial charge >= 0.3 is 0 Å². The molecule has 1 heterocycles. The standard InChI is InChI=1S/C21H24N2O4/c1-14(24)22-16-8-6-15(7-9-16)21(25)23-12-4-5-19(23)18-13-17(26-2)10-11-20(18)27-3/h6-11,13,19H,4-5,12H2,1-3H3,(H,22,24). The second kappa shape index (κ2) is 8.12. The summed E-state index contributed by atoms with van der Waals surface area (Å²) < 4.78 is 10.9. The first-order chi connectivity index (χ1) is 13.0. The molecule has 0 aromatic heterocycles. The van der Waals surface area contributed by atoms with Crippen LogP contribution < -0.4 is 14.8 Å². The van der Waals surface area contributed by atoms with Gasteiger partial charge in [-0.05, 0) is 55.3 Å². The Balaban J connectivity index is 1.86. The van der Waals surface area contributed by atoms with Gasteiger partial charge in [0.1, 0.15) is 11.5 Å². The van der Waals surface area contributed by atoms with E-state index in [1.165, 1.54) is 6.92 Å². The SMILES string of the molecule is COc1ccc(OC)c(C2CCCN2C(=O)c2ccc(NC(C)=O)cc2)c1. The summed E-state index contributed by atoms with van der Waals surface area (Å²) >= 11 is 0. The van der Waals surface area contributed by atoms with Crippen LogP contribution in [-0.2, 0) is 4.79 Å². The smallest absolute Gasteiger partial charge is 0.254 e. The molecule has 2 aromatic carbocycles. The van der Waals surface area contributed by atoms with E-state index in [4.69, 9.17) is 9.47 Å². The Morgan fingerprint density at radius 1 is 1.07 bits per heavy atom. The molecule has 1 fully saturated rings. The van der Waals surface area contributed by atoms with E-state index in [-0.39, 0.29) is 17.9 Å². The average Bonchev–Trinajstić information content (AvgIpc) is 3.16. The van der Waals surface area contributed by atoms with Gasteiger partial charge in [-0.2, -0.15) is 0 Å². The van der Waals surface area contributed by atoms with Gasteiger partial charge in [0.2, 0.25) is 5.91 Å². The molecule has 0 spiro atoms. The van der Waals surface area contributed by atoms with Crippen molar-refractivity contribution >= 4 is 17.5 Å². The summed E-state index contributed by atoms with van der Waals surface area (Å²) in [5.74, 6) is 1.32. The lowest BCUT2D eigenvalue weighted by Gasteiger charge is -2.27. The number of nitrogens with zero attached hydrogens (tertiary/aromatic N) is 1. The highest BCUT2D eigenvalue weighted by atomic mass is 16.5. The number of nitrogens with one attached hydrogen (secondary N) is 1. The van der Waals surface area contributed by atoms with Crippen LogP contribution in [0.2, 0.25) is 0 Å². The fraction of sp³-hybridized carbons (Fsp3) is 0.333. The van der Waals surface area contributed by atoms with Crippen LogP contribution in [0, 0.1) is 0 Å². The summed E-state index contributed by atoms with van der Waals surface area (Å²) in [6.07, 6.45) is 1.81. The number of anilines is 1. The zero-order valence-electron chi connectivity index (χ0n) is 15.8. The number of likely N-dealkylation sites (tertiary alicyclic amines) is 1. The first-order valence-electron chi connectivity index (χ1n) is 8.94. The number of amides is 2. The van der Waals surface area contributed by atoms with Crippen LogP contribution in [0.1, 0.15) is 41.7 Å². The van der Waals surface area contributed by atoms with E-state index >= 15 is 0 Å². The van der Waals surface area contributed by atoms with Crippen molar-refractivity contribution in [2.45, 2.75) is 25.8 Å². The molecular formula is C21H24N2O4. The number of hydrogen-bond donors (Lipinski definition) is 1. The molecule has 1 atom stereocenters. The van der Waals surface area contributed by atoms with Crippen LogP contribution in [0.3, 0.4) is 0 Å². The molecule has 0 aliphatic carbocycles. The van der Waals surface area contributed by atoms with E-state index < -0.39 is 0 Å². The first kappa shape index (κ1) is 18.8. The van der Waals surface area contributed by atoms with Crippen LogP contribution in [0.15, 0.2) is 42.5 Å². The molecule has 6 heteroatoms. The summed E-state index contributed by atoms with van der Waals surface area (Å²) in [6, 6.07) is 12.6. The van der Waals surface area contributed by atoms with Gasteiger partial charge in [-0.3, -0.25) is 9.59 Å². The lowest BCUT2D eigenvalue weighted by atomic mass is 10.0. The molecule has 1 aliphatic rings. The molecule has 1 aliphatic heterocycles. The predicted molar refractivity (Wildman–Crippen MR) is 103 cm³/mol. The van der Waals surface area contributed by atoms with E-state index in [1.54, 1.807) is 38.5 Å². The maximum Gasteiger partial charge on any atom is 0.254 e. The third-order valence-electron chi connectivity index (χ3n) is 4.76. The van der Waals surface area contributed by atoms with Gasteiger partial charge in [-0.15, -0.1) is 0 Å². The Bertz CT molecular complexity index is 833. The zero-order chi connectivity index (χ0) is 19.4. The second-order valence-corrected chi connectivity index (χ2v) is 6.52. The Morgan fingerprint density at radius 3 is 2.44 bits per heavy atom. The summed E-state index contributed by atoms with van der Waals surface area (Å²) in [5, 5.41) is 2.71. The normalized spacial score (nSPS) is 16.1. The lowest BCUT2D eigenvalue weighted by molar-refractivity contribution is -0.114. The number of carbonyl (C=O) groups excluding carboxylic acids is 2. The number of rotatable bonds is 5. The Hall–Kier alpha value is -3.02. The van der Waals surface area contributed by atoms with Crippen molar-refractivity contribution in [3.8, 4) is 11.5 Å². The van der Waals surface area contributed by atoms with E-state index in [0.29, 0.717) is 17.8 Å². The molecule has 1 N–H and O–H groups in total. The largest absolute Gasteiger partial charge is 0.497 e. The minimum Gasteiger partial charge on any atom is -0.497 e. The van der Waals surface area contributed by atoms with Crippen molar-refractivity contribution in [2.24, 2.45) is 0 Å². The average molecular weight is 368 g/mol. The Labute approximate surface area is 159 Å². The molecule has 2 amide bonds. The van der Waals surface area contributed by atoms with Gasteiger partial charge in [0, 0.05) is 30.3 Å². The van der Waals surface area contributed by atoms with Crippen LogP contribution in [0.5, 0.6) is 11.5 Å². The van der Waals surface area contributed by atoms with E-state index in [1.807, 2.05) is 23.1 Å². The van der Waals surface area contributed by atoms with Crippen LogP contribution in [0.25, 0.3) is 0 Å². The number of methoxy groups -OCH3 is 2. The minimum atomic E-state index is -0.140. The molecule has 2 aromatic rings. The lowest BCUT2D eigenvalue weighted by Crippen LogP contribution is -2.30. The highest BCUT2D eigenvalue weighted by Gasteiger charge is 2.32. The highest BCUT2D eigenvalue weighted by Crippen LogP contribution is 2.39. The summed E-state index contributed by atoms with van der Waals surface area (Å²) in [7, 11) is 3.26. The Morgan fingerprint density at radius 2 is 1.81 bits per heavy atom. The molecule has 1 saturated heterocycles. The van der Waals surface area contributed by atoms with Crippen LogP contribution >= 0.6 is 0 Å². The van der Waals surface area contributed by atoms with Gasteiger partial charge < -0.3 is 19.7 Å². The molecule has 1 unspecified atom stereocenters. The van der Waals surface area contributed by atoms with Crippen molar-refractivity contribution in [1.82, 2.24) is 4.90 Å². The highest BCUT2D eigenvalue weighted by molar-refractivity contribution is 5.96. The molecule has 0 radical (unpaired) electrons. The number of hydrogen-bond acceptors (Lipinski definition) is 4. The number of benzene rings is 2. The minimum absolute atomic E-state index is 0.0308. The van der Waals surface area contributed by atoms with E-state index in [9.17, 15) is 9.59 Å². The zero-order valence-corrected chi connectivity index (χ0v) is 15.8. The van der Waals surface area contributed by atoms with Gasteiger partial charge in [0.25, 0.3) is 5.91 Å². The summed E-state index contributed by atoms with van der Waals surface area (Å²) in [4.78, 5) is 26.1. The molecule has 27 heavy (non-hydrogen) atoms. The third kappa shape index (κ3) is 4.05. The molecule has 0 bridgehead atoms. The summed E-state index contributed by atoms with van der Waals surface area (Å²) in [5.41, 5.74) is 2.22. The Kier molecular flexibility index (Phi) is 5.64. The summed E-state index contributed by atoms with van der Waals surface area (Å²) in [6.45, 7) is 2.15. The monoisotopic (exact) mass is 368 g/mol. The second-order valence-electron chi connectivity index (χ2n) is 6.52. The molecule has 6 nitrogen and oxygen atoms in total. The van der Waals surface area contributed by atoms with Crippen LogP contribution in [0.4, 0.5) is 5.69 Å². The molecule has 3 rings (SSSR count). The number of ether oxygens (including phenoxy) is 2. The molecule has 142 valence electrons. The van der Waals surface area contributed by atoms with Gasteiger partial charge in [0.05, 0.1) is 20.3 Å². The van der Waals surface area contributed by atoms with Crippen LogP contribution in [-0.4, -0.2) is 37.5 Å². The third-order valence-corrected chi connectivity index (χ3v) is 4.76. The fourth-order valence-electron chi connectivity index (χ4n) is 3.50. The van der Waals surface area contributed by atoms with E-state index in [2.05, 4.69) is 5.32 Å². The maximum atomic E-state index is 13.1. The predicted octanol–water partition coefficient (Wildman–Crippen LogP) is 3.64. The van der Waals surface area contributed by atoms with Crippen molar-refractivity contribution in [2.75, 3.05) is 26.1 Å².